The van der Waals surface area contributed by atoms with Crippen LogP contribution in [0.25, 0.3) is 0 Å². The van der Waals surface area contributed by atoms with E-state index in [4.69, 9.17) is 4.74 Å². The average Bonchev–Trinajstić information content (AvgIpc) is 2.34. The third-order valence-corrected chi connectivity index (χ3v) is 4.31. The molecule has 0 saturated heterocycles. The number of esters is 1. The van der Waals surface area contributed by atoms with Crippen LogP contribution >= 0.6 is 0 Å². The molecule has 0 heterocycles. The molecule has 15 heavy (non-hydrogen) atoms. The first-order valence-electron chi connectivity index (χ1n) is 5.57. The molecular weight excluding hydrogens is 192 g/mol. The summed E-state index contributed by atoms with van der Waals surface area (Å²) in [4.78, 5) is 23.9. The topological polar surface area (TPSA) is 43.4 Å². The number of Topliss-reactive ketones (excluding diaryl/α,β-unsaturated/α-hetero) is 1. The molecule has 2 fully saturated rings. The van der Waals surface area contributed by atoms with Crippen molar-refractivity contribution in [3.63, 3.8) is 0 Å². The van der Waals surface area contributed by atoms with Crippen LogP contribution in [0.4, 0.5) is 0 Å². The van der Waals surface area contributed by atoms with Gasteiger partial charge in [0, 0.05) is 11.3 Å². The van der Waals surface area contributed by atoms with Crippen LogP contribution in [0.15, 0.2) is 0 Å². The molecule has 0 unspecified atom stereocenters. The summed E-state index contributed by atoms with van der Waals surface area (Å²) in [6.07, 6.45) is 3.49. The molecule has 2 rings (SSSR count). The predicted molar refractivity (Wildman–Crippen MR) is 55.2 cm³/mol. The molecule has 0 amide bonds. The summed E-state index contributed by atoms with van der Waals surface area (Å²) >= 11 is 0. The lowest BCUT2D eigenvalue weighted by atomic mass is 9.75. The smallest absolute Gasteiger partial charge is 0.312 e. The molecule has 0 aromatic heterocycles. The van der Waals surface area contributed by atoms with E-state index in [9.17, 15) is 9.59 Å². The number of methoxy groups -OCH3 is 1. The van der Waals surface area contributed by atoms with E-state index in [-0.39, 0.29) is 23.1 Å². The summed E-state index contributed by atoms with van der Waals surface area (Å²) in [7, 11) is 1.41. The van der Waals surface area contributed by atoms with Crippen LogP contribution in [0.2, 0.25) is 0 Å². The van der Waals surface area contributed by atoms with Gasteiger partial charge in [-0.2, -0.15) is 0 Å². The van der Waals surface area contributed by atoms with Crippen molar-refractivity contribution in [1.82, 2.24) is 0 Å². The summed E-state index contributed by atoms with van der Waals surface area (Å²) in [6, 6.07) is 0. The van der Waals surface area contributed by atoms with Crippen LogP contribution in [-0.4, -0.2) is 18.9 Å². The predicted octanol–water partition coefficient (Wildman–Crippen LogP) is 1.94. The monoisotopic (exact) mass is 210 g/mol. The molecule has 3 atom stereocenters. The lowest BCUT2D eigenvalue weighted by Crippen LogP contribution is -2.35. The summed E-state index contributed by atoms with van der Waals surface area (Å²) in [5, 5.41) is 0. The molecule has 84 valence electrons. The van der Waals surface area contributed by atoms with Gasteiger partial charge in [0.15, 0.2) is 0 Å². The van der Waals surface area contributed by atoms with Gasteiger partial charge in [0.1, 0.15) is 5.78 Å². The van der Waals surface area contributed by atoms with Crippen molar-refractivity contribution in [2.45, 2.75) is 39.5 Å². The number of ether oxygens (including phenoxy) is 1. The Bertz CT molecular complexity index is 323. The van der Waals surface area contributed by atoms with Gasteiger partial charge in [-0.1, -0.05) is 13.3 Å². The summed E-state index contributed by atoms with van der Waals surface area (Å²) < 4.78 is 4.85. The number of ketones is 1. The van der Waals surface area contributed by atoms with E-state index in [0.29, 0.717) is 6.42 Å². The van der Waals surface area contributed by atoms with E-state index in [1.807, 2.05) is 13.8 Å². The Morgan fingerprint density at radius 3 is 2.67 bits per heavy atom. The highest BCUT2D eigenvalue weighted by atomic mass is 16.5. The highest BCUT2D eigenvalue weighted by Crippen LogP contribution is 2.58. The fourth-order valence-electron chi connectivity index (χ4n) is 3.54. The Kier molecular flexibility index (Phi) is 2.18. The summed E-state index contributed by atoms with van der Waals surface area (Å²) in [5.41, 5.74) is -0.844. The average molecular weight is 210 g/mol. The molecular formula is C12H18O3. The number of rotatable bonds is 1. The Balaban J connectivity index is 2.39. The van der Waals surface area contributed by atoms with Gasteiger partial charge in [-0.05, 0) is 26.2 Å². The fourth-order valence-corrected chi connectivity index (χ4v) is 3.54. The van der Waals surface area contributed by atoms with Crippen molar-refractivity contribution in [1.29, 1.82) is 0 Å². The third-order valence-electron chi connectivity index (χ3n) is 4.31. The zero-order valence-corrected chi connectivity index (χ0v) is 9.63. The SMILES string of the molecule is COC(=O)[C@]1(C)C[C@]2(C)CCC[C@H]1C2=O. The maximum absolute atomic E-state index is 12.1. The van der Waals surface area contributed by atoms with Gasteiger partial charge in [-0.15, -0.1) is 0 Å². The molecule has 0 aromatic carbocycles. The number of hydrogen-bond donors (Lipinski definition) is 0. The van der Waals surface area contributed by atoms with E-state index in [1.54, 1.807) is 0 Å². The molecule has 0 N–H and O–H groups in total. The van der Waals surface area contributed by atoms with E-state index in [1.165, 1.54) is 7.11 Å². The van der Waals surface area contributed by atoms with Crippen LogP contribution in [0, 0.1) is 16.7 Å². The van der Waals surface area contributed by atoms with Crippen LogP contribution in [0.1, 0.15) is 39.5 Å². The van der Waals surface area contributed by atoms with E-state index < -0.39 is 5.41 Å². The molecule has 2 aliphatic carbocycles. The van der Waals surface area contributed by atoms with Crippen molar-refractivity contribution in [2.75, 3.05) is 7.11 Å². The van der Waals surface area contributed by atoms with E-state index in [0.717, 1.165) is 19.3 Å². The first kappa shape index (κ1) is 10.7. The molecule has 2 saturated carbocycles. The molecule has 0 aromatic rings. The highest BCUT2D eigenvalue weighted by molar-refractivity contribution is 5.97. The van der Waals surface area contributed by atoms with Gasteiger partial charge in [0.25, 0.3) is 0 Å². The number of fused-ring (bicyclic) bond motifs is 2. The minimum Gasteiger partial charge on any atom is -0.469 e. The molecule has 3 nitrogen and oxygen atoms in total. The zero-order valence-electron chi connectivity index (χ0n) is 9.63. The van der Waals surface area contributed by atoms with E-state index >= 15 is 0 Å². The lowest BCUT2D eigenvalue weighted by molar-refractivity contribution is -0.155. The van der Waals surface area contributed by atoms with Crippen molar-refractivity contribution in [2.24, 2.45) is 16.7 Å². The second kappa shape index (κ2) is 3.06. The summed E-state index contributed by atoms with van der Waals surface area (Å²) in [6.45, 7) is 3.88. The van der Waals surface area contributed by atoms with Crippen LogP contribution in [0.5, 0.6) is 0 Å². The Hall–Kier alpha value is -0.860. The fraction of sp³-hybridized carbons (Fsp3) is 0.833. The maximum Gasteiger partial charge on any atom is 0.312 e. The van der Waals surface area contributed by atoms with Crippen LogP contribution in [0.3, 0.4) is 0 Å². The lowest BCUT2D eigenvalue weighted by Gasteiger charge is -2.27. The van der Waals surface area contributed by atoms with E-state index in [2.05, 4.69) is 0 Å². The minimum absolute atomic E-state index is 0.108. The van der Waals surface area contributed by atoms with Gasteiger partial charge in [-0.3, -0.25) is 9.59 Å². The second-order valence-corrected chi connectivity index (χ2v) is 5.46. The second-order valence-electron chi connectivity index (χ2n) is 5.46. The van der Waals surface area contributed by atoms with Crippen LogP contribution < -0.4 is 0 Å². The van der Waals surface area contributed by atoms with Gasteiger partial charge >= 0.3 is 5.97 Å². The molecule has 2 aliphatic rings. The normalized spacial score (nSPS) is 44.2. The highest BCUT2D eigenvalue weighted by Gasteiger charge is 2.61. The largest absolute Gasteiger partial charge is 0.469 e. The number of hydrogen-bond acceptors (Lipinski definition) is 3. The first-order valence-corrected chi connectivity index (χ1v) is 5.57. The Labute approximate surface area is 90.2 Å². The van der Waals surface area contributed by atoms with Gasteiger partial charge in [0.2, 0.25) is 0 Å². The minimum atomic E-state index is -0.572. The first-order chi connectivity index (χ1) is 6.94. The third kappa shape index (κ3) is 1.25. The van der Waals surface area contributed by atoms with Crippen molar-refractivity contribution >= 4 is 11.8 Å². The van der Waals surface area contributed by atoms with Crippen LogP contribution in [-0.2, 0) is 14.3 Å². The Morgan fingerprint density at radius 2 is 2.13 bits per heavy atom. The molecule has 2 bridgehead atoms. The maximum atomic E-state index is 12.1. The standard InChI is InChI=1S/C12H18O3/c1-11-6-4-5-8(9(11)13)12(2,7-11)10(14)15-3/h8H,4-7H2,1-3H3/t8-,11-,12+/m0/s1. The summed E-state index contributed by atoms with van der Waals surface area (Å²) in [5.74, 6) is -0.0446. The molecule has 0 spiro atoms. The van der Waals surface area contributed by atoms with Gasteiger partial charge in [0.05, 0.1) is 12.5 Å². The van der Waals surface area contributed by atoms with Crippen molar-refractivity contribution in [3.8, 4) is 0 Å². The van der Waals surface area contributed by atoms with Gasteiger partial charge in [-0.25, -0.2) is 0 Å². The molecule has 3 heteroatoms. The molecule has 0 aliphatic heterocycles. The zero-order chi connectivity index (χ0) is 11.3. The Morgan fingerprint density at radius 1 is 1.47 bits per heavy atom. The number of carbonyl (C=O) groups is 2. The quantitative estimate of drug-likeness (QED) is 0.621. The van der Waals surface area contributed by atoms with Crippen molar-refractivity contribution in [3.05, 3.63) is 0 Å². The molecule has 0 radical (unpaired) electrons. The number of carbonyl (C=O) groups excluding carboxylic acids is 2. The van der Waals surface area contributed by atoms with Crippen molar-refractivity contribution < 1.29 is 14.3 Å². The van der Waals surface area contributed by atoms with Gasteiger partial charge < -0.3 is 4.74 Å².